The summed E-state index contributed by atoms with van der Waals surface area (Å²) in [5.74, 6) is 0.852. The number of ether oxygens (including phenoxy) is 1. The number of hydrogen-bond donors (Lipinski definition) is 3. The highest BCUT2D eigenvalue weighted by atomic mass is 16.5. The number of nitrogens with two attached hydrogens (primary N) is 1. The molecule has 4 N–H and O–H groups in total. The van der Waals surface area contributed by atoms with E-state index in [4.69, 9.17) is 10.5 Å². The van der Waals surface area contributed by atoms with Crippen molar-refractivity contribution in [1.29, 1.82) is 0 Å². The van der Waals surface area contributed by atoms with Gasteiger partial charge in [0.2, 0.25) is 11.9 Å². The Morgan fingerprint density at radius 2 is 2.50 bits per heavy atom. The number of H-pyrrole nitrogens is 1. The molecule has 0 radical (unpaired) electrons. The molecule has 6 nitrogen and oxygen atoms in total. The fourth-order valence-corrected chi connectivity index (χ4v) is 1.58. The first-order valence-electron chi connectivity index (χ1n) is 4.68. The average molecular weight is 197 g/mol. The van der Waals surface area contributed by atoms with Gasteiger partial charge in [-0.15, -0.1) is 5.10 Å². The molecule has 0 bridgehead atoms. The minimum absolute atomic E-state index is 0.103. The van der Waals surface area contributed by atoms with E-state index in [0.29, 0.717) is 11.9 Å². The van der Waals surface area contributed by atoms with E-state index in [9.17, 15) is 0 Å². The number of aromatic nitrogens is 3. The first-order chi connectivity index (χ1) is 6.60. The topological polar surface area (TPSA) is 88.8 Å². The summed E-state index contributed by atoms with van der Waals surface area (Å²) in [5, 5.41) is 9.75. The Bertz CT molecular complexity index is 325. The summed E-state index contributed by atoms with van der Waals surface area (Å²) in [6, 6.07) is 0. The van der Waals surface area contributed by atoms with Crippen molar-refractivity contribution >= 4 is 11.9 Å². The van der Waals surface area contributed by atoms with Gasteiger partial charge in [0.25, 0.3) is 0 Å². The Morgan fingerprint density at radius 3 is 3.00 bits per heavy atom. The SMILES string of the molecule is CC1OCCC1(C)Nc1n[nH]c(N)n1. The zero-order valence-corrected chi connectivity index (χ0v) is 8.37. The third kappa shape index (κ3) is 1.52. The van der Waals surface area contributed by atoms with Crippen LogP contribution in [0.5, 0.6) is 0 Å². The number of hydrogen-bond acceptors (Lipinski definition) is 5. The second-order valence-electron chi connectivity index (χ2n) is 3.85. The van der Waals surface area contributed by atoms with Crippen molar-refractivity contribution in [3.63, 3.8) is 0 Å². The van der Waals surface area contributed by atoms with E-state index in [1.807, 2.05) is 6.92 Å². The summed E-state index contributed by atoms with van der Waals surface area (Å²) >= 11 is 0. The Kier molecular flexibility index (Phi) is 2.07. The highest BCUT2D eigenvalue weighted by molar-refractivity contribution is 5.34. The van der Waals surface area contributed by atoms with Gasteiger partial charge in [-0.2, -0.15) is 4.98 Å². The van der Waals surface area contributed by atoms with Gasteiger partial charge in [-0.25, -0.2) is 5.10 Å². The van der Waals surface area contributed by atoms with Gasteiger partial charge in [-0.3, -0.25) is 0 Å². The lowest BCUT2D eigenvalue weighted by Gasteiger charge is -2.27. The van der Waals surface area contributed by atoms with E-state index in [1.165, 1.54) is 0 Å². The van der Waals surface area contributed by atoms with Crippen LogP contribution in [0.4, 0.5) is 11.9 Å². The molecule has 0 aliphatic carbocycles. The third-order valence-electron chi connectivity index (χ3n) is 2.79. The molecule has 0 saturated carbocycles. The lowest BCUT2D eigenvalue weighted by Crippen LogP contribution is -2.41. The van der Waals surface area contributed by atoms with E-state index in [0.717, 1.165) is 13.0 Å². The fourth-order valence-electron chi connectivity index (χ4n) is 1.58. The normalized spacial score (nSPS) is 32.0. The molecule has 1 saturated heterocycles. The zero-order chi connectivity index (χ0) is 10.2. The average Bonchev–Trinajstić information content (AvgIpc) is 2.62. The number of aromatic amines is 1. The van der Waals surface area contributed by atoms with E-state index in [1.54, 1.807) is 0 Å². The number of rotatable bonds is 2. The zero-order valence-electron chi connectivity index (χ0n) is 8.37. The highest BCUT2D eigenvalue weighted by Gasteiger charge is 2.37. The molecule has 78 valence electrons. The van der Waals surface area contributed by atoms with Crippen molar-refractivity contribution < 1.29 is 4.74 Å². The molecule has 6 heteroatoms. The molecule has 0 spiro atoms. The molecule has 1 fully saturated rings. The number of nitrogen functional groups attached to an aromatic ring is 1. The van der Waals surface area contributed by atoms with Crippen molar-refractivity contribution in [2.45, 2.75) is 31.9 Å². The Hall–Kier alpha value is -1.30. The highest BCUT2D eigenvalue weighted by Crippen LogP contribution is 2.28. The lowest BCUT2D eigenvalue weighted by molar-refractivity contribution is 0.105. The maximum Gasteiger partial charge on any atom is 0.244 e. The summed E-state index contributed by atoms with van der Waals surface area (Å²) in [5.41, 5.74) is 5.33. The predicted molar refractivity (Wildman–Crippen MR) is 52.9 cm³/mol. The van der Waals surface area contributed by atoms with Crippen LogP contribution in [0.15, 0.2) is 0 Å². The fraction of sp³-hybridized carbons (Fsp3) is 0.750. The van der Waals surface area contributed by atoms with Crippen molar-refractivity contribution in [3.8, 4) is 0 Å². The molecular weight excluding hydrogens is 182 g/mol. The summed E-state index contributed by atoms with van der Waals surface area (Å²) in [6.07, 6.45) is 1.10. The molecule has 1 aliphatic heterocycles. The molecular formula is C8H15N5O. The van der Waals surface area contributed by atoms with Gasteiger partial charge in [0.1, 0.15) is 0 Å². The molecule has 2 atom stereocenters. The monoisotopic (exact) mass is 197 g/mol. The van der Waals surface area contributed by atoms with Gasteiger partial charge in [0.05, 0.1) is 11.6 Å². The Balaban J connectivity index is 2.10. The van der Waals surface area contributed by atoms with Gasteiger partial charge in [0, 0.05) is 6.61 Å². The van der Waals surface area contributed by atoms with Crippen LogP contribution >= 0.6 is 0 Å². The van der Waals surface area contributed by atoms with Gasteiger partial charge in [0.15, 0.2) is 0 Å². The number of nitrogens with one attached hydrogen (secondary N) is 2. The number of anilines is 2. The molecule has 1 aromatic rings. The summed E-state index contributed by atoms with van der Waals surface area (Å²) < 4.78 is 5.49. The number of nitrogens with zero attached hydrogens (tertiary/aromatic N) is 2. The van der Waals surface area contributed by atoms with Gasteiger partial charge < -0.3 is 15.8 Å². The molecule has 14 heavy (non-hydrogen) atoms. The summed E-state index contributed by atoms with van der Waals surface area (Å²) in [4.78, 5) is 4.00. The quantitative estimate of drug-likeness (QED) is 0.637. The molecule has 2 unspecified atom stereocenters. The van der Waals surface area contributed by atoms with E-state index in [-0.39, 0.29) is 11.6 Å². The molecule has 1 aromatic heterocycles. The minimum Gasteiger partial charge on any atom is -0.376 e. The van der Waals surface area contributed by atoms with Crippen LogP contribution in [-0.2, 0) is 4.74 Å². The molecule has 0 aromatic carbocycles. The molecule has 2 rings (SSSR count). The van der Waals surface area contributed by atoms with Crippen molar-refractivity contribution in [2.24, 2.45) is 0 Å². The summed E-state index contributed by atoms with van der Waals surface area (Å²) in [7, 11) is 0. The lowest BCUT2D eigenvalue weighted by atomic mass is 9.95. The Morgan fingerprint density at radius 1 is 1.71 bits per heavy atom. The predicted octanol–water partition coefficient (Wildman–Crippen LogP) is 0.366. The summed E-state index contributed by atoms with van der Waals surface area (Å²) in [6.45, 7) is 4.90. The van der Waals surface area contributed by atoms with Gasteiger partial charge in [-0.05, 0) is 20.3 Å². The van der Waals surface area contributed by atoms with E-state index >= 15 is 0 Å². The van der Waals surface area contributed by atoms with Gasteiger partial charge >= 0.3 is 0 Å². The first kappa shape index (κ1) is 9.26. The van der Waals surface area contributed by atoms with Gasteiger partial charge in [-0.1, -0.05) is 0 Å². The second kappa shape index (κ2) is 3.13. The van der Waals surface area contributed by atoms with Crippen LogP contribution < -0.4 is 11.1 Å². The van der Waals surface area contributed by atoms with Crippen LogP contribution in [0.3, 0.4) is 0 Å². The van der Waals surface area contributed by atoms with Crippen molar-refractivity contribution in [3.05, 3.63) is 0 Å². The Labute approximate surface area is 82.2 Å². The maximum absolute atomic E-state index is 5.49. The van der Waals surface area contributed by atoms with Crippen LogP contribution in [0.1, 0.15) is 20.3 Å². The van der Waals surface area contributed by atoms with Crippen molar-refractivity contribution in [1.82, 2.24) is 15.2 Å². The molecule has 1 aliphatic rings. The third-order valence-corrected chi connectivity index (χ3v) is 2.79. The smallest absolute Gasteiger partial charge is 0.244 e. The van der Waals surface area contributed by atoms with Crippen LogP contribution in [0.2, 0.25) is 0 Å². The van der Waals surface area contributed by atoms with Crippen LogP contribution in [0, 0.1) is 0 Å². The first-order valence-corrected chi connectivity index (χ1v) is 4.68. The van der Waals surface area contributed by atoms with Crippen molar-refractivity contribution in [2.75, 3.05) is 17.7 Å². The van der Waals surface area contributed by atoms with Crippen LogP contribution in [0.25, 0.3) is 0 Å². The van der Waals surface area contributed by atoms with Crippen LogP contribution in [-0.4, -0.2) is 33.4 Å². The molecule has 0 amide bonds. The largest absolute Gasteiger partial charge is 0.376 e. The second-order valence-corrected chi connectivity index (χ2v) is 3.85. The maximum atomic E-state index is 5.49. The minimum atomic E-state index is -0.103. The van der Waals surface area contributed by atoms with E-state index < -0.39 is 0 Å². The standard InChI is InChI=1S/C8H15N5O/c1-5-8(2,3-4-14-5)11-7-10-6(9)12-13-7/h5H,3-4H2,1-2H3,(H4,9,10,11,12,13). The molecule has 2 heterocycles. The van der Waals surface area contributed by atoms with E-state index in [2.05, 4.69) is 27.4 Å².